The van der Waals surface area contributed by atoms with Crippen molar-refractivity contribution in [3.8, 4) is 0 Å². The largest absolute Gasteiger partial charge is 0.396 e. The lowest BCUT2D eigenvalue weighted by Gasteiger charge is -2.12. The van der Waals surface area contributed by atoms with E-state index in [0.29, 0.717) is 12.0 Å². The predicted octanol–water partition coefficient (Wildman–Crippen LogP) is 2.26. The third-order valence-electron chi connectivity index (χ3n) is 1.86. The van der Waals surface area contributed by atoms with Crippen molar-refractivity contribution >= 4 is 0 Å². The molecule has 0 bridgehead atoms. The highest BCUT2D eigenvalue weighted by Crippen LogP contribution is 2.13. The molecule has 12 heavy (non-hydrogen) atoms. The first-order valence-electron chi connectivity index (χ1n) is 4.08. The molecular formula is C9H16F2O. The van der Waals surface area contributed by atoms with Gasteiger partial charge in [-0.15, -0.1) is 0 Å². The summed E-state index contributed by atoms with van der Waals surface area (Å²) in [6.07, 6.45) is 1.000. The van der Waals surface area contributed by atoms with E-state index in [2.05, 4.69) is 0 Å². The van der Waals surface area contributed by atoms with E-state index < -0.39 is 18.8 Å². The Labute approximate surface area is 72.1 Å². The van der Waals surface area contributed by atoms with Gasteiger partial charge < -0.3 is 5.11 Å². The van der Waals surface area contributed by atoms with Gasteiger partial charge in [0.05, 0.1) is 0 Å². The van der Waals surface area contributed by atoms with Crippen LogP contribution in [0.2, 0.25) is 0 Å². The van der Waals surface area contributed by atoms with Gasteiger partial charge in [0.1, 0.15) is 12.8 Å². The van der Waals surface area contributed by atoms with Gasteiger partial charge in [-0.3, -0.25) is 0 Å². The van der Waals surface area contributed by atoms with E-state index in [1.807, 2.05) is 0 Å². The van der Waals surface area contributed by atoms with Crippen molar-refractivity contribution in [1.82, 2.24) is 0 Å². The molecule has 0 aliphatic heterocycles. The molecule has 0 aromatic carbocycles. The number of allylic oxidation sites excluding steroid dienone is 2. The molecule has 0 heterocycles. The van der Waals surface area contributed by atoms with Crippen molar-refractivity contribution in [3.63, 3.8) is 0 Å². The van der Waals surface area contributed by atoms with Crippen LogP contribution in [0.25, 0.3) is 0 Å². The Kier molecular flexibility index (Phi) is 5.89. The first-order chi connectivity index (χ1) is 5.61. The van der Waals surface area contributed by atoms with E-state index in [1.165, 1.54) is 6.92 Å². The molecule has 2 atom stereocenters. The molecule has 0 amide bonds. The molecule has 1 nitrogen and oxygen atoms in total. The van der Waals surface area contributed by atoms with Crippen molar-refractivity contribution in [2.45, 2.75) is 26.4 Å². The summed E-state index contributed by atoms with van der Waals surface area (Å²) in [5.74, 6) is -0.397. The first kappa shape index (κ1) is 11.6. The maximum absolute atomic E-state index is 12.6. The second-order valence-electron chi connectivity index (χ2n) is 3.04. The SMILES string of the molecule is C/C(=C/CC(CO)C(C)F)CF. The van der Waals surface area contributed by atoms with Crippen molar-refractivity contribution in [3.05, 3.63) is 11.6 Å². The molecule has 0 fully saturated rings. The Hall–Kier alpha value is -0.440. The highest BCUT2D eigenvalue weighted by Gasteiger charge is 2.13. The molecular weight excluding hydrogens is 162 g/mol. The van der Waals surface area contributed by atoms with Crippen LogP contribution >= 0.6 is 0 Å². The highest BCUT2D eigenvalue weighted by molar-refractivity contribution is 4.98. The second-order valence-corrected chi connectivity index (χ2v) is 3.04. The number of aliphatic hydroxyl groups is 1. The van der Waals surface area contributed by atoms with Crippen molar-refractivity contribution in [1.29, 1.82) is 0 Å². The fourth-order valence-electron chi connectivity index (χ4n) is 0.814. The normalized spacial score (nSPS) is 17.6. The monoisotopic (exact) mass is 178 g/mol. The molecule has 2 unspecified atom stereocenters. The maximum Gasteiger partial charge on any atom is 0.110 e. The van der Waals surface area contributed by atoms with Crippen LogP contribution in [0.1, 0.15) is 20.3 Å². The van der Waals surface area contributed by atoms with Gasteiger partial charge in [0.25, 0.3) is 0 Å². The van der Waals surface area contributed by atoms with Crippen LogP contribution in [0.15, 0.2) is 11.6 Å². The molecule has 72 valence electrons. The highest BCUT2D eigenvalue weighted by atomic mass is 19.1. The molecule has 0 aliphatic carbocycles. The third kappa shape index (κ3) is 4.44. The molecule has 0 rings (SSSR count). The standard InChI is InChI=1S/C9H16F2O/c1-7(5-10)3-4-9(6-12)8(2)11/h3,8-9,12H,4-6H2,1-2H3/b7-3-. The van der Waals surface area contributed by atoms with E-state index in [4.69, 9.17) is 5.11 Å². The van der Waals surface area contributed by atoms with Gasteiger partial charge in [0.2, 0.25) is 0 Å². The zero-order valence-corrected chi connectivity index (χ0v) is 7.56. The lowest BCUT2D eigenvalue weighted by atomic mass is 10.0. The van der Waals surface area contributed by atoms with Gasteiger partial charge in [-0.25, -0.2) is 8.78 Å². The Balaban J connectivity index is 3.87. The average Bonchev–Trinajstić information content (AvgIpc) is 2.04. The molecule has 0 saturated carbocycles. The number of hydrogen-bond acceptors (Lipinski definition) is 1. The summed E-state index contributed by atoms with van der Waals surface area (Å²) in [4.78, 5) is 0. The Morgan fingerprint density at radius 3 is 2.50 bits per heavy atom. The predicted molar refractivity (Wildman–Crippen MR) is 45.5 cm³/mol. The summed E-state index contributed by atoms with van der Waals surface area (Å²) in [6.45, 7) is 2.36. The third-order valence-corrected chi connectivity index (χ3v) is 1.86. The van der Waals surface area contributed by atoms with Crippen molar-refractivity contribution < 1.29 is 13.9 Å². The van der Waals surface area contributed by atoms with Gasteiger partial charge in [0, 0.05) is 12.5 Å². The molecule has 3 heteroatoms. The van der Waals surface area contributed by atoms with Crippen LogP contribution in [0, 0.1) is 5.92 Å². The van der Waals surface area contributed by atoms with E-state index in [-0.39, 0.29) is 6.61 Å². The van der Waals surface area contributed by atoms with Gasteiger partial charge in [-0.1, -0.05) is 6.08 Å². The van der Waals surface area contributed by atoms with Crippen LogP contribution in [0.5, 0.6) is 0 Å². The fourth-order valence-corrected chi connectivity index (χ4v) is 0.814. The number of aliphatic hydroxyl groups excluding tert-OH is 1. The fraction of sp³-hybridized carbons (Fsp3) is 0.778. The maximum atomic E-state index is 12.6. The Bertz CT molecular complexity index is 143. The average molecular weight is 178 g/mol. The summed E-state index contributed by atoms with van der Waals surface area (Å²) in [6, 6.07) is 0. The van der Waals surface area contributed by atoms with E-state index >= 15 is 0 Å². The summed E-state index contributed by atoms with van der Waals surface area (Å²) in [5.41, 5.74) is 0.592. The summed E-state index contributed by atoms with van der Waals surface area (Å²) in [7, 11) is 0. The quantitative estimate of drug-likeness (QED) is 0.640. The minimum Gasteiger partial charge on any atom is -0.396 e. The van der Waals surface area contributed by atoms with Gasteiger partial charge >= 0.3 is 0 Å². The Morgan fingerprint density at radius 1 is 1.58 bits per heavy atom. The molecule has 0 aromatic heterocycles. The molecule has 0 saturated heterocycles. The van der Waals surface area contributed by atoms with Crippen LogP contribution in [0.4, 0.5) is 8.78 Å². The zero-order chi connectivity index (χ0) is 9.56. The van der Waals surface area contributed by atoms with Gasteiger partial charge in [-0.2, -0.15) is 0 Å². The van der Waals surface area contributed by atoms with Crippen LogP contribution in [0.3, 0.4) is 0 Å². The topological polar surface area (TPSA) is 20.2 Å². The van der Waals surface area contributed by atoms with E-state index in [9.17, 15) is 8.78 Å². The lowest BCUT2D eigenvalue weighted by Crippen LogP contribution is -2.15. The van der Waals surface area contributed by atoms with E-state index in [1.54, 1.807) is 13.0 Å². The molecule has 0 spiro atoms. The molecule has 0 radical (unpaired) electrons. The van der Waals surface area contributed by atoms with Gasteiger partial charge in [-0.05, 0) is 25.8 Å². The van der Waals surface area contributed by atoms with Crippen molar-refractivity contribution in [2.75, 3.05) is 13.3 Å². The Morgan fingerprint density at radius 2 is 2.17 bits per heavy atom. The number of rotatable bonds is 5. The lowest BCUT2D eigenvalue weighted by molar-refractivity contribution is 0.151. The first-order valence-corrected chi connectivity index (χ1v) is 4.08. The molecule has 1 N–H and O–H groups in total. The molecule has 0 aliphatic rings. The smallest absolute Gasteiger partial charge is 0.110 e. The number of halogens is 2. The number of hydrogen-bond donors (Lipinski definition) is 1. The van der Waals surface area contributed by atoms with Gasteiger partial charge in [0.15, 0.2) is 0 Å². The van der Waals surface area contributed by atoms with Crippen LogP contribution in [-0.4, -0.2) is 24.6 Å². The van der Waals surface area contributed by atoms with E-state index in [0.717, 1.165) is 0 Å². The summed E-state index contributed by atoms with van der Waals surface area (Å²) >= 11 is 0. The summed E-state index contributed by atoms with van der Waals surface area (Å²) in [5, 5.41) is 8.72. The van der Waals surface area contributed by atoms with Crippen LogP contribution < -0.4 is 0 Å². The number of alkyl halides is 2. The minimum absolute atomic E-state index is 0.187. The minimum atomic E-state index is -1.04. The summed E-state index contributed by atoms with van der Waals surface area (Å²) < 4.78 is 24.6. The second kappa shape index (κ2) is 6.12. The molecule has 0 aromatic rings. The zero-order valence-electron chi connectivity index (χ0n) is 7.56. The van der Waals surface area contributed by atoms with Crippen LogP contribution in [-0.2, 0) is 0 Å². The van der Waals surface area contributed by atoms with Crippen molar-refractivity contribution in [2.24, 2.45) is 5.92 Å².